The van der Waals surface area contributed by atoms with E-state index in [1.165, 1.54) is 0 Å². The van der Waals surface area contributed by atoms with Gasteiger partial charge in [-0.25, -0.2) is 4.98 Å². The molecular weight excluding hydrogens is 260 g/mol. The SMILES string of the molecule is Cc1cc(O)c(-c2nc3ccccc3[nH]2)c(C)c1Cl. The zero-order valence-corrected chi connectivity index (χ0v) is 11.4. The fourth-order valence-electron chi connectivity index (χ4n) is 2.31. The first-order valence-electron chi connectivity index (χ1n) is 6.01. The lowest BCUT2D eigenvalue weighted by Crippen LogP contribution is -1.90. The highest BCUT2D eigenvalue weighted by Crippen LogP contribution is 2.37. The number of phenolic OH excluding ortho intramolecular Hbond substituents is 1. The van der Waals surface area contributed by atoms with E-state index in [2.05, 4.69) is 9.97 Å². The first kappa shape index (κ1) is 12.1. The molecule has 0 aliphatic rings. The lowest BCUT2D eigenvalue weighted by Gasteiger charge is -2.10. The summed E-state index contributed by atoms with van der Waals surface area (Å²) in [5.41, 5.74) is 4.16. The largest absolute Gasteiger partial charge is 0.507 e. The molecule has 1 heterocycles. The number of aromatic amines is 1. The molecule has 0 aliphatic heterocycles. The minimum atomic E-state index is 0.193. The molecule has 0 amide bonds. The van der Waals surface area contributed by atoms with Gasteiger partial charge in [-0.3, -0.25) is 0 Å². The Bertz CT molecular complexity index is 744. The average Bonchev–Trinajstić information content (AvgIpc) is 2.79. The van der Waals surface area contributed by atoms with E-state index in [0.29, 0.717) is 16.4 Å². The normalized spacial score (nSPS) is 11.1. The minimum absolute atomic E-state index is 0.193. The van der Waals surface area contributed by atoms with Crippen molar-refractivity contribution in [3.8, 4) is 17.1 Å². The van der Waals surface area contributed by atoms with E-state index in [0.717, 1.165) is 22.2 Å². The number of para-hydroxylation sites is 2. The summed E-state index contributed by atoms with van der Waals surface area (Å²) in [5.74, 6) is 0.830. The molecule has 0 unspecified atom stereocenters. The van der Waals surface area contributed by atoms with Crippen LogP contribution in [-0.2, 0) is 0 Å². The summed E-state index contributed by atoms with van der Waals surface area (Å²) in [6, 6.07) is 9.42. The number of nitrogens with zero attached hydrogens (tertiary/aromatic N) is 1. The number of benzene rings is 2. The van der Waals surface area contributed by atoms with Crippen LogP contribution in [-0.4, -0.2) is 15.1 Å². The van der Waals surface area contributed by atoms with Crippen LogP contribution in [0, 0.1) is 13.8 Å². The van der Waals surface area contributed by atoms with Gasteiger partial charge in [0.1, 0.15) is 11.6 Å². The lowest BCUT2D eigenvalue weighted by molar-refractivity contribution is 0.476. The van der Waals surface area contributed by atoms with Crippen molar-refractivity contribution in [3.63, 3.8) is 0 Å². The number of nitrogens with one attached hydrogen (secondary N) is 1. The third-order valence-corrected chi connectivity index (χ3v) is 3.87. The van der Waals surface area contributed by atoms with Gasteiger partial charge < -0.3 is 10.1 Å². The van der Waals surface area contributed by atoms with Gasteiger partial charge in [-0.1, -0.05) is 23.7 Å². The Morgan fingerprint density at radius 3 is 2.68 bits per heavy atom. The van der Waals surface area contributed by atoms with Crippen LogP contribution in [0.4, 0.5) is 0 Å². The van der Waals surface area contributed by atoms with E-state index in [1.807, 2.05) is 38.1 Å². The molecule has 0 saturated heterocycles. The highest BCUT2D eigenvalue weighted by molar-refractivity contribution is 6.32. The van der Waals surface area contributed by atoms with Crippen LogP contribution in [0.2, 0.25) is 5.02 Å². The standard InChI is InChI=1S/C15H13ClN2O/c1-8-7-12(19)13(9(2)14(8)16)15-17-10-5-3-4-6-11(10)18-15/h3-7,19H,1-2H3,(H,17,18). The number of fused-ring (bicyclic) bond motifs is 1. The molecule has 4 heteroatoms. The molecule has 0 spiro atoms. The van der Waals surface area contributed by atoms with E-state index in [1.54, 1.807) is 6.07 Å². The van der Waals surface area contributed by atoms with Gasteiger partial charge in [-0.05, 0) is 43.2 Å². The van der Waals surface area contributed by atoms with Gasteiger partial charge in [0.2, 0.25) is 0 Å². The van der Waals surface area contributed by atoms with E-state index >= 15 is 0 Å². The average molecular weight is 273 g/mol. The zero-order valence-electron chi connectivity index (χ0n) is 10.7. The van der Waals surface area contributed by atoms with E-state index in [4.69, 9.17) is 11.6 Å². The number of H-pyrrole nitrogens is 1. The number of halogens is 1. The molecule has 2 N–H and O–H groups in total. The van der Waals surface area contributed by atoms with Crippen LogP contribution in [0.15, 0.2) is 30.3 Å². The number of phenols is 1. The van der Waals surface area contributed by atoms with Crippen LogP contribution >= 0.6 is 11.6 Å². The van der Waals surface area contributed by atoms with E-state index in [-0.39, 0.29) is 5.75 Å². The highest BCUT2D eigenvalue weighted by Gasteiger charge is 2.16. The molecule has 19 heavy (non-hydrogen) atoms. The number of aromatic hydroxyl groups is 1. The third kappa shape index (κ3) is 1.87. The van der Waals surface area contributed by atoms with Gasteiger partial charge in [0.25, 0.3) is 0 Å². The summed E-state index contributed by atoms with van der Waals surface area (Å²) in [6.07, 6.45) is 0. The summed E-state index contributed by atoms with van der Waals surface area (Å²) >= 11 is 6.25. The highest BCUT2D eigenvalue weighted by atomic mass is 35.5. The van der Waals surface area contributed by atoms with Crippen molar-refractivity contribution >= 4 is 22.6 Å². The fraction of sp³-hybridized carbons (Fsp3) is 0.133. The van der Waals surface area contributed by atoms with E-state index in [9.17, 15) is 5.11 Å². The van der Waals surface area contributed by atoms with Gasteiger partial charge in [-0.2, -0.15) is 0 Å². The smallest absolute Gasteiger partial charge is 0.142 e. The molecule has 3 rings (SSSR count). The number of hydrogen-bond donors (Lipinski definition) is 2. The number of rotatable bonds is 1. The predicted octanol–water partition coefficient (Wildman–Crippen LogP) is 4.21. The Kier molecular flexibility index (Phi) is 2.72. The number of aryl methyl sites for hydroxylation is 1. The van der Waals surface area contributed by atoms with Crippen molar-refractivity contribution in [2.75, 3.05) is 0 Å². The maximum atomic E-state index is 10.2. The third-order valence-electron chi connectivity index (χ3n) is 3.29. The maximum Gasteiger partial charge on any atom is 0.142 e. The summed E-state index contributed by atoms with van der Waals surface area (Å²) in [4.78, 5) is 7.71. The molecule has 3 nitrogen and oxygen atoms in total. The molecule has 96 valence electrons. The van der Waals surface area contributed by atoms with Crippen LogP contribution in [0.25, 0.3) is 22.4 Å². The van der Waals surface area contributed by atoms with Gasteiger partial charge in [0, 0.05) is 5.02 Å². The lowest BCUT2D eigenvalue weighted by atomic mass is 10.0. The van der Waals surface area contributed by atoms with Gasteiger partial charge in [-0.15, -0.1) is 0 Å². The molecular formula is C15H13ClN2O. The van der Waals surface area contributed by atoms with Crippen molar-refractivity contribution < 1.29 is 5.11 Å². The Hall–Kier alpha value is -2.00. The topological polar surface area (TPSA) is 48.9 Å². The van der Waals surface area contributed by atoms with Crippen LogP contribution in [0.5, 0.6) is 5.75 Å². The first-order valence-corrected chi connectivity index (χ1v) is 6.39. The summed E-state index contributed by atoms with van der Waals surface area (Å²) in [5, 5.41) is 10.8. The second-order valence-electron chi connectivity index (χ2n) is 4.63. The molecule has 0 bridgehead atoms. The number of hydrogen-bond acceptors (Lipinski definition) is 2. The van der Waals surface area contributed by atoms with Gasteiger partial charge in [0.05, 0.1) is 16.6 Å². The predicted molar refractivity (Wildman–Crippen MR) is 77.7 cm³/mol. The zero-order chi connectivity index (χ0) is 13.6. The van der Waals surface area contributed by atoms with Gasteiger partial charge in [0.15, 0.2) is 0 Å². The molecule has 0 saturated carbocycles. The van der Waals surface area contributed by atoms with Crippen molar-refractivity contribution in [2.24, 2.45) is 0 Å². The number of imidazole rings is 1. The molecule has 0 atom stereocenters. The fourth-order valence-corrected chi connectivity index (χ4v) is 2.46. The molecule has 1 aromatic heterocycles. The van der Waals surface area contributed by atoms with Crippen LogP contribution in [0.1, 0.15) is 11.1 Å². The molecule has 0 aliphatic carbocycles. The first-order chi connectivity index (χ1) is 9.08. The quantitative estimate of drug-likeness (QED) is 0.697. The Labute approximate surface area is 115 Å². The monoisotopic (exact) mass is 272 g/mol. The number of aromatic nitrogens is 2. The van der Waals surface area contributed by atoms with Gasteiger partial charge >= 0.3 is 0 Å². The van der Waals surface area contributed by atoms with Crippen molar-refractivity contribution in [1.82, 2.24) is 9.97 Å². The van der Waals surface area contributed by atoms with Crippen molar-refractivity contribution in [2.45, 2.75) is 13.8 Å². The molecule has 0 fully saturated rings. The van der Waals surface area contributed by atoms with Crippen LogP contribution < -0.4 is 0 Å². The van der Waals surface area contributed by atoms with E-state index < -0.39 is 0 Å². The minimum Gasteiger partial charge on any atom is -0.507 e. The van der Waals surface area contributed by atoms with Crippen molar-refractivity contribution in [1.29, 1.82) is 0 Å². The van der Waals surface area contributed by atoms with Crippen LogP contribution in [0.3, 0.4) is 0 Å². The second-order valence-corrected chi connectivity index (χ2v) is 5.01. The molecule has 0 radical (unpaired) electrons. The maximum absolute atomic E-state index is 10.2. The summed E-state index contributed by atoms with van der Waals surface area (Å²) < 4.78 is 0. The Morgan fingerprint density at radius 2 is 1.95 bits per heavy atom. The van der Waals surface area contributed by atoms with Crippen molar-refractivity contribution in [3.05, 3.63) is 46.5 Å². The molecule has 3 aromatic rings. The summed E-state index contributed by atoms with van der Waals surface area (Å²) in [6.45, 7) is 3.76. The molecule has 2 aromatic carbocycles. The summed E-state index contributed by atoms with van der Waals surface area (Å²) in [7, 11) is 0. The second kappa shape index (κ2) is 4.28. The Morgan fingerprint density at radius 1 is 1.21 bits per heavy atom. The Balaban J connectivity index is 2.29.